The Morgan fingerprint density at radius 3 is 2.44 bits per heavy atom. The Hall–Kier alpha value is -3.34. The number of aliphatic carboxylic acids is 1. The molecule has 2 heterocycles. The maximum Gasteiger partial charge on any atom is 0.303 e. The summed E-state index contributed by atoms with van der Waals surface area (Å²) in [6, 6.07) is 17.1. The van der Waals surface area contributed by atoms with Crippen LogP contribution in [0.3, 0.4) is 0 Å². The highest BCUT2D eigenvalue weighted by atomic mass is 28.4. The Morgan fingerprint density at radius 2 is 1.80 bits per heavy atom. The van der Waals surface area contributed by atoms with Crippen LogP contribution in [-0.4, -0.2) is 82.1 Å². The molecule has 1 aliphatic rings. The van der Waals surface area contributed by atoms with Crippen molar-refractivity contribution >= 4 is 14.3 Å². The minimum atomic E-state index is -1.98. The van der Waals surface area contributed by atoms with Crippen molar-refractivity contribution in [3.63, 3.8) is 0 Å². The highest BCUT2D eigenvalue weighted by molar-refractivity contribution is 6.74. The van der Waals surface area contributed by atoms with Gasteiger partial charge in [-0.15, -0.1) is 11.7 Å². The zero-order valence-electron chi connectivity index (χ0n) is 25.1. The first-order chi connectivity index (χ1) is 19.5. The molecular weight excluding hydrogens is 532 g/mol. The van der Waals surface area contributed by atoms with Gasteiger partial charge in [0.25, 0.3) is 0 Å². The number of benzene rings is 2. The number of carbonyl (C=O) groups is 1. The van der Waals surface area contributed by atoms with Gasteiger partial charge >= 0.3 is 5.97 Å². The number of carboxylic acid groups (broad SMARTS) is 1. The van der Waals surface area contributed by atoms with Crippen LogP contribution in [0.5, 0.6) is 5.75 Å². The van der Waals surface area contributed by atoms with Crippen molar-refractivity contribution in [1.82, 2.24) is 30.0 Å². The van der Waals surface area contributed by atoms with E-state index in [9.17, 15) is 4.79 Å². The monoisotopic (exact) mass is 576 g/mol. The minimum Gasteiger partial charge on any atom is -0.543 e. The molecule has 4 rings (SSSR count). The second-order valence-corrected chi connectivity index (χ2v) is 17.0. The lowest BCUT2D eigenvalue weighted by Gasteiger charge is -2.40. The number of nitrogens with zero attached hydrogens (tertiary/aromatic N) is 6. The summed E-state index contributed by atoms with van der Waals surface area (Å²) in [4.78, 5) is 15.9. The van der Waals surface area contributed by atoms with Crippen LogP contribution < -0.4 is 4.43 Å². The van der Waals surface area contributed by atoms with Gasteiger partial charge in [0.05, 0.1) is 6.04 Å². The molecule has 0 radical (unpaired) electrons. The molecule has 0 aliphatic carbocycles. The molecule has 1 N–H and O–H groups in total. The summed E-state index contributed by atoms with van der Waals surface area (Å²) < 4.78 is 8.37. The number of piperazine rings is 1. The lowest BCUT2D eigenvalue weighted by Crippen LogP contribution is -2.47. The number of carboxylic acids is 1. The van der Waals surface area contributed by atoms with Crippen molar-refractivity contribution in [2.75, 3.05) is 32.7 Å². The van der Waals surface area contributed by atoms with Crippen molar-refractivity contribution < 1.29 is 14.3 Å². The van der Waals surface area contributed by atoms with Gasteiger partial charge in [-0.05, 0) is 58.2 Å². The SMILES string of the molecule is C=CCN1CCN([C@H](c2ccc(-c3nnnn3CCCC(=O)O)cc2)c2cccc(O[Si](C)(C)C(C)(C)C)c2)CC1. The van der Waals surface area contributed by atoms with Gasteiger partial charge in [0, 0.05) is 51.3 Å². The Bertz CT molecular complexity index is 1310. The lowest BCUT2D eigenvalue weighted by molar-refractivity contribution is -0.137. The van der Waals surface area contributed by atoms with E-state index in [1.54, 1.807) is 4.68 Å². The van der Waals surface area contributed by atoms with Gasteiger partial charge in [-0.2, -0.15) is 0 Å². The van der Waals surface area contributed by atoms with Crippen LogP contribution in [-0.2, 0) is 11.3 Å². The fourth-order valence-corrected chi connectivity index (χ4v) is 5.98. The molecule has 0 saturated carbocycles. The average Bonchev–Trinajstić information content (AvgIpc) is 3.38. The molecule has 0 amide bonds. The maximum absolute atomic E-state index is 10.9. The Balaban J connectivity index is 1.63. The van der Waals surface area contributed by atoms with E-state index in [-0.39, 0.29) is 17.5 Å². The molecule has 0 spiro atoms. The molecule has 0 bridgehead atoms. The van der Waals surface area contributed by atoms with Gasteiger partial charge in [0.15, 0.2) is 5.82 Å². The summed E-state index contributed by atoms with van der Waals surface area (Å²) >= 11 is 0. The first-order valence-electron chi connectivity index (χ1n) is 14.4. The highest BCUT2D eigenvalue weighted by Crippen LogP contribution is 2.39. The normalized spacial score (nSPS) is 15.9. The van der Waals surface area contributed by atoms with Crippen molar-refractivity contribution in [1.29, 1.82) is 0 Å². The van der Waals surface area contributed by atoms with Gasteiger partial charge in [0.2, 0.25) is 8.32 Å². The van der Waals surface area contributed by atoms with Crippen molar-refractivity contribution in [3.8, 4) is 17.1 Å². The second-order valence-electron chi connectivity index (χ2n) is 12.3. The molecule has 0 unspecified atom stereocenters. The quantitative estimate of drug-likeness (QED) is 0.224. The van der Waals surface area contributed by atoms with Crippen molar-refractivity contribution in [3.05, 3.63) is 72.3 Å². The van der Waals surface area contributed by atoms with Crippen molar-refractivity contribution in [2.45, 2.75) is 64.3 Å². The number of hydrogen-bond donors (Lipinski definition) is 1. The molecule has 3 aromatic rings. The highest BCUT2D eigenvalue weighted by Gasteiger charge is 2.39. The predicted molar refractivity (Wildman–Crippen MR) is 164 cm³/mol. The standard InChI is InChI=1S/C31H44N6O3Si/c1-7-17-35-19-21-36(22-20-35)29(26-10-8-11-27(23-26)40-41(5,6)31(2,3)4)24-13-15-25(16-14-24)30-32-33-34-37(30)18-9-12-28(38)39/h7-8,10-11,13-16,23,29H,1,9,12,17-22H2,2-6H3,(H,38,39)/t29-/m1/s1. The summed E-state index contributed by atoms with van der Waals surface area (Å²) in [5, 5.41) is 21.2. The van der Waals surface area contributed by atoms with Crippen LogP contribution in [0.4, 0.5) is 0 Å². The zero-order chi connectivity index (χ0) is 29.6. The largest absolute Gasteiger partial charge is 0.543 e. The predicted octanol–water partition coefficient (Wildman–Crippen LogP) is 5.48. The summed E-state index contributed by atoms with van der Waals surface area (Å²) in [7, 11) is -1.98. The van der Waals surface area contributed by atoms with E-state index in [2.05, 4.69) is 114 Å². The Kier molecular flexibility index (Phi) is 9.78. The summed E-state index contributed by atoms with van der Waals surface area (Å²) in [6.45, 7) is 20.5. The van der Waals surface area contributed by atoms with Gasteiger partial charge in [-0.1, -0.05) is 63.2 Å². The molecule has 1 aliphatic heterocycles. The maximum atomic E-state index is 10.9. The van der Waals surface area contributed by atoms with Crippen LogP contribution in [0.25, 0.3) is 11.4 Å². The Labute approximate surface area is 244 Å². The number of hydrogen-bond acceptors (Lipinski definition) is 7. The smallest absolute Gasteiger partial charge is 0.303 e. The molecular formula is C31H44N6O3Si. The first kappa shape index (κ1) is 30.6. The zero-order valence-corrected chi connectivity index (χ0v) is 26.1. The number of aryl methyl sites for hydroxylation is 1. The summed E-state index contributed by atoms with van der Waals surface area (Å²) in [5.41, 5.74) is 3.31. The third kappa shape index (κ3) is 7.69. The van der Waals surface area contributed by atoms with Gasteiger partial charge in [-0.25, -0.2) is 4.68 Å². The third-order valence-corrected chi connectivity index (χ3v) is 12.6. The van der Waals surface area contributed by atoms with Crippen LogP contribution in [0, 0.1) is 0 Å². The average molecular weight is 577 g/mol. The van der Waals surface area contributed by atoms with Gasteiger partial charge < -0.3 is 9.53 Å². The Morgan fingerprint density at radius 1 is 1.10 bits per heavy atom. The molecule has 1 saturated heterocycles. The summed E-state index contributed by atoms with van der Waals surface area (Å²) in [6.07, 6.45) is 2.53. The molecule has 1 fully saturated rings. The van der Waals surface area contributed by atoms with E-state index in [1.165, 1.54) is 11.1 Å². The number of tetrazole rings is 1. The van der Waals surface area contributed by atoms with Crippen LogP contribution in [0.1, 0.15) is 50.8 Å². The molecule has 9 nitrogen and oxygen atoms in total. The van der Waals surface area contributed by atoms with E-state index < -0.39 is 14.3 Å². The van der Waals surface area contributed by atoms with Gasteiger partial charge in [-0.3, -0.25) is 14.6 Å². The number of rotatable bonds is 12. The number of aromatic nitrogens is 4. The molecule has 220 valence electrons. The minimum absolute atomic E-state index is 0.0736. The molecule has 1 aromatic heterocycles. The van der Waals surface area contributed by atoms with Crippen LogP contribution >= 0.6 is 0 Å². The lowest BCUT2D eigenvalue weighted by atomic mass is 9.95. The van der Waals surface area contributed by atoms with Gasteiger partial charge in [0.1, 0.15) is 5.75 Å². The fraction of sp³-hybridized carbons (Fsp3) is 0.484. The molecule has 1 atom stereocenters. The fourth-order valence-electron chi connectivity index (χ4n) is 4.95. The van der Waals surface area contributed by atoms with E-state index in [0.29, 0.717) is 18.8 Å². The third-order valence-electron chi connectivity index (χ3n) is 8.29. The van der Waals surface area contributed by atoms with E-state index >= 15 is 0 Å². The molecule has 41 heavy (non-hydrogen) atoms. The topological polar surface area (TPSA) is 96.6 Å². The molecule has 2 aromatic carbocycles. The van der Waals surface area contributed by atoms with E-state index in [4.69, 9.17) is 9.53 Å². The van der Waals surface area contributed by atoms with Crippen LogP contribution in [0.2, 0.25) is 18.1 Å². The van der Waals surface area contributed by atoms with Crippen molar-refractivity contribution in [2.24, 2.45) is 0 Å². The molecule has 10 heteroatoms. The summed E-state index contributed by atoms with van der Waals surface area (Å²) in [5.74, 6) is 0.752. The second kappa shape index (κ2) is 13.1. The van der Waals surface area contributed by atoms with E-state index in [0.717, 1.165) is 44.0 Å². The van der Waals surface area contributed by atoms with Crippen LogP contribution in [0.15, 0.2) is 61.2 Å². The first-order valence-corrected chi connectivity index (χ1v) is 17.3. The van der Waals surface area contributed by atoms with E-state index in [1.807, 2.05) is 6.08 Å².